The molecule has 2 amide bonds. The van der Waals surface area contributed by atoms with Crippen LogP contribution in [0.4, 0.5) is 4.79 Å². The van der Waals surface area contributed by atoms with Gasteiger partial charge in [-0.25, -0.2) is 4.79 Å². The highest BCUT2D eigenvalue weighted by molar-refractivity contribution is 7.80. The van der Waals surface area contributed by atoms with Crippen molar-refractivity contribution >= 4 is 23.2 Å². The van der Waals surface area contributed by atoms with Crippen LogP contribution in [0.2, 0.25) is 0 Å². The maximum atomic E-state index is 11.9. The van der Waals surface area contributed by atoms with Crippen molar-refractivity contribution in [2.45, 2.75) is 13.0 Å². The van der Waals surface area contributed by atoms with Crippen molar-refractivity contribution in [3.8, 4) is 0 Å². The molecule has 2 N–H and O–H groups in total. The van der Waals surface area contributed by atoms with Gasteiger partial charge in [0.2, 0.25) is 0 Å². The van der Waals surface area contributed by atoms with Crippen LogP contribution >= 0.6 is 12.2 Å². The molecule has 0 radical (unpaired) electrons. The third-order valence-corrected chi connectivity index (χ3v) is 2.92. The highest BCUT2D eigenvalue weighted by Gasteiger charge is 2.24. The Morgan fingerprint density at radius 1 is 1.53 bits per heavy atom. The summed E-state index contributed by atoms with van der Waals surface area (Å²) in [5.74, 6) is 0. The molecule has 6 heteroatoms. The average Bonchev–Trinajstić information content (AvgIpc) is 2.27. The SMILES string of the molecule is CC(C(N)=S)N(C)C(=O)N1CCOCC1. The smallest absolute Gasteiger partial charge is 0.320 e. The molecule has 0 aromatic rings. The molecule has 0 bridgehead atoms. The summed E-state index contributed by atoms with van der Waals surface area (Å²) in [4.78, 5) is 15.6. The van der Waals surface area contributed by atoms with E-state index in [1.165, 1.54) is 0 Å². The lowest BCUT2D eigenvalue weighted by molar-refractivity contribution is 0.0445. The Bertz CT molecular complexity index is 254. The van der Waals surface area contributed by atoms with Crippen LogP contribution in [0, 0.1) is 0 Å². The fraction of sp³-hybridized carbons (Fsp3) is 0.778. The number of rotatable bonds is 2. The number of carbonyl (C=O) groups excluding carboxylic acids is 1. The fourth-order valence-corrected chi connectivity index (χ4v) is 1.49. The lowest BCUT2D eigenvalue weighted by Crippen LogP contribution is -2.52. The number of urea groups is 1. The molecule has 1 rings (SSSR count). The molecule has 1 unspecified atom stereocenters. The van der Waals surface area contributed by atoms with Gasteiger partial charge >= 0.3 is 6.03 Å². The van der Waals surface area contributed by atoms with Crippen molar-refractivity contribution in [3.63, 3.8) is 0 Å². The standard InChI is InChI=1S/C9H17N3O2S/c1-7(8(10)15)11(2)9(13)12-3-5-14-6-4-12/h7H,3-6H2,1-2H3,(H2,10,15). The molecular formula is C9H17N3O2S. The highest BCUT2D eigenvalue weighted by Crippen LogP contribution is 2.05. The first-order valence-electron chi connectivity index (χ1n) is 4.93. The van der Waals surface area contributed by atoms with Crippen LogP contribution in [0.25, 0.3) is 0 Å². The summed E-state index contributed by atoms with van der Waals surface area (Å²) in [7, 11) is 1.71. The van der Waals surface area contributed by atoms with Gasteiger partial charge in [0.05, 0.1) is 24.2 Å². The number of thiocarbonyl (C=S) groups is 1. The molecule has 1 atom stereocenters. The van der Waals surface area contributed by atoms with E-state index in [4.69, 9.17) is 22.7 Å². The van der Waals surface area contributed by atoms with Crippen LogP contribution in [-0.4, -0.2) is 60.2 Å². The number of hydrogen-bond donors (Lipinski definition) is 1. The summed E-state index contributed by atoms with van der Waals surface area (Å²) in [6, 6.07) is -0.256. The molecule has 0 spiro atoms. The number of nitrogens with zero attached hydrogens (tertiary/aromatic N) is 2. The summed E-state index contributed by atoms with van der Waals surface area (Å²) < 4.78 is 5.17. The van der Waals surface area contributed by atoms with E-state index < -0.39 is 0 Å². The van der Waals surface area contributed by atoms with E-state index in [0.717, 1.165) is 0 Å². The number of nitrogens with two attached hydrogens (primary N) is 1. The minimum atomic E-state index is -0.213. The molecule has 1 fully saturated rings. The molecule has 0 aliphatic carbocycles. The third kappa shape index (κ3) is 3.04. The molecule has 1 aliphatic rings. The molecule has 15 heavy (non-hydrogen) atoms. The van der Waals surface area contributed by atoms with E-state index in [9.17, 15) is 4.79 Å². The second kappa shape index (κ2) is 5.27. The van der Waals surface area contributed by atoms with E-state index in [-0.39, 0.29) is 12.1 Å². The fourth-order valence-electron chi connectivity index (χ4n) is 1.33. The number of ether oxygens (including phenoxy) is 1. The van der Waals surface area contributed by atoms with Crippen molar-refractivity contribution in [2.24, 2.45) is 5.73 Å². The monoisotopic (exact) mass is 231 g/mol. The largest absolute Gasteiger partial charge is 0.392 e. The zero-order valence-electron chi connectivity index (χ0n) is 9.10. The van der Waals surface area contributed by atoms with E-state index in [0.29, 0.717) is 31.3 Å². The number of carbonyl (C=O) groups is 1. The van der Waals surface area contributed by atoms with Crippen LogP contribution < -0.4 is 5.73 Å². The molecular weight excluding hydrogens is 214 g/mol. The van der Waals surface area contributed by atoms with E-state index >= 15 is 0 Å². The number of morpholine rings is 1. The van der Waals surface area contributed by atoms with Gasteiger partial charge in [-0.05, 0) is 6.92 Å². The van der Waals surface area contributed by atoms with Gasteiger partial charge in [-0.2, -0.15) is 0 Å². The second-order valence-corrected chi connectivity index (χ2v) is 4.04. The Labute approximate surface area is 95.1 Å². The quantitative estimate of drug-likeness (QED) is 0.682. The minimum Gasteiger partial charge on any atom is -0.392 e. The Kier molecular flexibility index (Phi) is 4.28. The van der Waals surface area contributed by atoms with E-state index in [1.807, 2.05) is 6.92 Å². The van der Waals surface area contributed by atoms with Crippen LogP contribution in [-0.2, 0) is 4.74 Å². The minimum absolute atomic E-state index is 0.0430. The third-order valence-electron chi connectivity index (χ3n) is 2.58. The van der Waals surface area contributed by atoms with Gasteiger partial charge in [-0.1, -0.05) is 12.2 Å². The van der Waals surface area contributed by atoms with Gasteiger partial charge in [0.25, 0.3) is 0 Å². The number of likely N-dealkylation sites (N-methyl/N-ethyl adjacent to an activating group) is 1. The maximum absolute atomic E-state index is 11.9. The van der Waals surface area contributed by atoms with E-state index in [2.05, 4.69) is 0 Å². The van der Waals surface area contributed by atoms with Crippen LogP contribution in [0.3, 0.4) is 0 Å². The van der Waals surface area contributed by atoms with Crippen molar-refractivity contribution < 1.29 is 9.53 Å². The number of hydrogen-bond acceptors (Lipinski definition) is 3. The maximum Gasteiger partial charge on any atom is 0.320 e. The van der Waals surface area contributed by atoms with Crippen LogP contribution in [0.1, 0.15) is 6.92 Å². The average molecular weight is 231 g/mol. The molecule has 0 aromatic heterocycles. The Balaban J connectivity index is 2.54. The van der Waals surface area contributed by atoms with Crippen LogP contribution in [0.5, 0.6) is 0 Å². The van der Waals surface area contributed by atoms with Gasteiger partial charge in [-0.15, -0.1) is 0 Å². The van der Waals surface area contributed by atoms with Gasteiger partial charge in [0.15, 0.2) is 0 Å². The molecule has 1 heterocycles. The first kappa shape index (κ1) is 12.2. The molecule has 5 nitrogen and oxygen atoms in total. The first-order chi connectivity index (χ1) is 7.04. The molecule has 0 aromatic carbocycles. The van der Waals surface area contributed by atoms with Gasteiger partial charge < -0.3 is 20.3 Å². The normalized spacial score (nSPS) is 18.4. The Hall–Kier alpha value is -0.880. The molecule has 86 valence electrons. The van der Waals surface area contributed by atoms with Gasteiger partial charge in [-0.3, -0.25) is 0 Å². The summed E-state index contributed by atoms with van der Waals surface area (Å²) in [5, 5.41) is 0. The van der Waals surface area contributed by atoms with Crippen molar-refractivity contribution in [2.75, 3.05) is 33.4 Å². The van der Waals surface area contributed by atoms with Crippen molar-refractivity contribution in [1.29, 1.82) is 0 Å². The topological polar surface area (TPSA) is 58.8 Å². The highest BCUT2D eigenvalue weighted by atomic mass is 32.1. The van der Waals surface area contributed by atoms with Gasteiger partial charge in [0.1, 0.15) is 0 Å². The van der Waals surface area contributed by atoms with Crippen molar-refractivity contribution in [1.82, 2.24) is 9.80 Å². The lowest BCUT2D eigenvalue weighted by Gasteiger charge is -2.33. The lowest BCUT2D eigenvalue weighted by atomic mass is 10.3. The first-order valence-corrected chi connectivity index (χ1v) is 5.33. The summed E-state index contributed by atoms with van der Waals surface area (Å²) in [6.45, 7) is 4.28. The molecule has 1 saturated heterocycles. The predicted molar refractivity (Wildman–Crippen MR) is 61.8 cm³/mol. The molecule has 1 aliphatic heterocycles. The summed E-state index contributed by atoms with van der Waals surface area (Å²) in [6.07, 6.45) is 0. The number of amides is 2. The van der Waals surface area contributed by atoms with Crippen LogP contribution in [0.15, 0.2) is 0 Å². The zero-order chi connectivity index (χ0) is 11.4. The zero-order valence-corrected chi connectivity index (χ0v) is 9.92. The second-order valence-electron chi connectivity index (χ2n) is 3.57. The summed E-state index contributed by atoms with van der Waals surface area (Å²) in [5.41, 5.74) is 5.50. The van der Waals surface area contributed by atoms with Gasteiger partial charge in [0, 0.05) is 20.1 Å². The molecule has 0 saturated carbocycles. The Morgan fingerprint density at radius 3 is 2.53 bits per heavy atom. The Morgan fingerprint density at radius 2 is 2.07 bits per heavy atom. The van der Waals surface area contributed by atoms with E-state index in [1.54, 1.807) is 16.8 Å². The predicted octanol–water partition coefficient (Wildman–Crippen LogP) is 0.0450. The summed E-state index contributed by atoms with van der Waals surface area (Å²) >= 11 is 4.86. The van der Waals surface area contributed by atoms with Crippen molar-refractivity contribution in [3.05, 3.63) is 0 Å².